The topological polar surface area (TPSA) is 108 Å². The fraction of sp³-hybridized carbons (Fsp3) is 0.471. The average molecular weight is 336 g/mol. The van der Waals surface area contributed by atoms with Gasteiger partial charge >= 0.3 is 12.0 Å². The van der Waals surface area contributed by atoms with Crippen LogP contribution >= 0.6 is 0 Å². The normalized spacial score (nSPS) is 11.4. The maximum atomic E-state index is 12.2. The van der Waals surface area contributed by atoms with E-state index in [4.69, 9.17) is 15.2 Å². The van der Waals surface area contributed by atoms with E-state index in [0.717, 1.165) is 12.8 Å². The molecule has 0 aliphatic heterocycles. The molecule has 24 heavy (non-hydrogen) atoms. The zero-order valence-electron chi connectivity index (χ0n) is 14.0. The van der Waals surface area contributed by atoms with Crippen molar-refractivity contribution in [1.29, 1.82) is 0 Å². The molecule has 0 aliphatic carbocycles. The number of ketones is 1. The van der Waals surface area contributed by atoms with E-state index < -0.39 is 18.1 Å². The number of benzene rings is 1. The molecule has 0 heterocycles. The third kappa shape index (κ3) is 7.13. The highest BCUT2D eigenvalue weighted by Crippen LogP contribution is 2.14. The average Bonchev–Trinajstić information content (AvgIpc) is 2.57. The van der Waals surface area contributed by atoms with Crippen molar-refractivity contribution in [2.75, 3.05) is 13.7 Å². The molecule has 2 amide bonds. The highest BCUT2D eigenvalue weighted by atomic mass is 16.5. The summed E-state index contributed by atoms with van der Waals surface area (Å²) in [7, 11) is 1.55. The van der Waals surface area contributed by atoms with Crippen molar-refractivity contribution < 1.29 is 23.9 Å². The van der Waals surface area contributed by atoms with Crippen molar-refractivity contribution in [2.45, 2.75) is 38.7 Å². The number of esters is 1. The zero-order chi connectivity index (χ0) is 17.9. The van der Waals surface area contributed by atoms with Gasteiger partial charge in [-0.2, -0.15) is 0 Å². The van der Waals surface area contributed by atoms with Crippen LogP contribution in [0.5, 0.6) is 5.75 Å². The Morgan fingerprint density at radius 2 is 1.79 bits per heavy atom. The molecular weight excluding hydrogens is 312 g/mol. The number of methoxy groups -OCH3 is 1. The molecule has 0 saturated carbocycles. The highest BCUT2D eigenvalue weighted by molar-refractivity contribution is 6.00. The van der Waals surface area contributed by atoms with Crippen LogP contribution in [0.2, 0.25) is 0 Å². The van der Waals surface area contributed by atoms with Crippen LogP contribution in [-0.4, -0.2) is 37.5 Å². The molecule has 1 aromatic rings. The van der Waals surface area contributed by atoms with Crippen LogP contribution in [0.25, 0.3) is 0 Å². The number of rotatable bonds is 10. The Kier molecular flexibility index (Phi) is 8.32. The molecule has 0 unspecified atom stereocenters. The maximum Gasteiger partial charge on any atom is 0.312 e. The van der Waals surface area contributed by atoms with Gasteiger partial charge in [-0.25, -0.2) is 4.79 Å². The lowest BCUT2D eigenvalue weighted by atomic mass is 10.1. The Labute approximate surface area is 141 Å². The number of amides is 2. The van der Waals surface area contributed by atoms with Crippen LogP contribution in [0.1, 0.15) is 43.0 Å². The number of carbonyl (C=O) groups excluding carboxylic acids is 3. The number of hydrogen-bond donors (Lipinski definition) is 2. The molecule has 0 aromatic heterocycles. The fourth-order valence-electron chi connectivity index (χ4n) is 2.08. The van der Waals surface area contributed by atoms with Gasteiger partial charge < -0.3 is 20.5 Å². The third-order valence-electron chi connectivity index (χ3n) is 3.41. The molecule has 132 valence electrons. The number of hydrogen-bond acceptors (Lipinski definition) is 5. The van der Waals surface area contributed by atoms with Gasteiger partial charge in [0.25, 0.3) is 0 Å². The van der Waals surface area contributed by atoms with E-state index in [1.165, 1.54) is 0 Å². The SMILES string of the molecule is COc1ccc(C(=O)[C@H](C)OC(=O)CCCCCNC(N)=O)cc1. The van der Waals surface area contributed by atoms with Crippen molar-refractivity contribution in [2.24, 2.45) is 5.73 Å². The quantitative estimate of drug-likeness (QED) is 0.386. The Bertz CT molecular complexity index is 557. The molecule has 0 radical (unpaired) electrons. The van der Waals surface area contributed by atoms with Crippen molar-refractivity contribution in [3.05, 3.63) is 29.8 Å². The number of Topliss-reactive ketones (excluding diaryl/α,β-unsaturated/α-hetero) is 1. The summed E-state index contributed by atoms with van der Waals surface area (Å²) < 4.78 is 10.2. The van der Waals surface area contributed by atoms with E-state index in [9.17, 15) is 14.4 Å². The monoisotopic (exact) mass is 336 g/mol. The van der Waals surface area contributed by atoms with Crippen molar-refractivity contribution in [3.63, 3.8) is 0 Å². The first-order valence-corrected chi connectivity index (χ1v) is 7.85. The Morgan fingerprint density at radius 1 is 1.12 bits per heavy atom. The smallest absolute Gasteiger partial charge is 0.312 e. The first-order valence-electron chi connectivity index (χ1n) is 7.85. The van der Waals surface area contributed by atoms with Gasteiger partial charge in [-0.1, -0.05) is 6.42 Å². The van der Waals surface area contributed by atoms with Crippen LogP contribution in [0.3, 0.4) is 0 Å². The lowest BCUT2D eigenvalue weighted by Crippen LogP contribution is -2.30. The van der Waals surface area contributed by atoms with E-state index >= 15 is 0 Å². The minimum Gasteiger partial charge on any atom is -0.497 e. The Balaban J connectivity index is 2.29. The standard InChI is InChI=1S/C17H24N2O5/c1-12(16(21)13-7-9-14(23-2)10-8-13)24-15(20)6-4-3-5-11-19-17(18)22/h7-10,12H,3-6,11H2,1-2H3,(H3,18,19,22)/t12-/m0/s1. The molecule has 0 aliphatic rings. The minimum atomic E-state index is -0.831. The van der Waals surface area contributed by atoms with E-state index in [1.807, 2.05) is 0 Å². The molecule has 7 heteroatoms. The molecule has 7 nitrogen and oxygen atoms in total. The van der Waals surface area contributed by atoms with Crippen LogP contribution in [0.4, 0.5) is 4.79 Å². The third-order valence-corrected chi connectivity index (χ3v) is 3.41. The Hall–Kier alpha value is -2.57. The number of ether oxygens (including phenoxy) is 2. The summed E-state index contributed by atoms with van der Waals surface area (Å²) in [6.45, 7) is 2.04. The van der Waals surface area contributed by atoms with Gasteiger partial charge in [-0.05, 0) is 44.0 Å². The first-order chi connectivity index (χ1) is 11.4. The van der Waals surface area contributed by atoms with Gasteiger partial charge in [0.15, 0.2) is 6.10 Å². The van der Waals surface area contributed by atoms with Crippen LogP contribution in [0.15, 0.2) is 24.3 Å². The molecule has 3 N–H and O–H groups in total. The fourth-order valence-corrected chi connectivity index (χ4v) is 2.08. The summed E-state index contributed by atoms with van der Waals surface area (Å²) in [4.78, 5) is 34.4. The van der Waals surface area contributed by atoms with Crippen LogP contribution < -0.4 is 15.8 Å². The van der Waals surface area contributed by atoms with E-state index in [2.05, 4.69) is 5.32 Å². The summed E-state index contributed by atoms with van der Waals surface area (Å²) in [5.74, 6) is -0.00842. The molecule has 1 atom stereocenters. The second kappa shape index (κ2) is 10.3. The van der Waals surface area contributed by atoms with E-state index in [-0.39, 0.29) is 12.2 Å². The van der Waals surface area contributed by atoms with Gasteiger partial charge in [-0.3, -0.25) is 9.59 Å². The minimum absolute atomic E-state index is 0.233. The molecule has 0 saturated heterocycles. The predicted molar refractivity (Wildman–Crippen MR) is 88.9 cm³/mol. The molecular formula is C17H24N2O5. The largest absolute Gasteiger partial charge is 0.497 e. The van der Waals surface area contributed by atoms with Crippen molar-refractivity contribution in [3.8, 4) is 5.75 Å². The number of primary amides is 1. The highest BCUT2D eigenvalue weighted by Gasteiger charge is 2.19. The maximum absolute atomic E-state index is 12.2. The molecule has 1 aromatic carbocycles. The summed E-state index contributed by atoms with van der Waals surface area (Å²) >= 11 is 0. The number of nitrogens with two attached hydrogens (primary N) is 1. The predicted octanol–water partition coefficient (Wildman–Crippen LogP) is 2.04. The summed E-state index contributed by atoms with van der Waals surface area (Å²) in [5, 5.41) is 2.48. The molecule has 0 fully saturated rings. The second-order valence-corrected chi connectivity index (χ2v) is 5.33. The zero-order valence-corrected chi connectivity index (χ0v) is 14.0. The van der Waals surface area contributed by atoms with Gasteiger partial charge in [0.2, 0.25) is 5.78 Å². The lowest BCUT2D eigenvalue weighted by molar-refractivity contribution is -0.146. The van der Waals surface area contributed by atoms with E-state index in [0.29, 0.717) is 24.3 Å². The molecule has 1 rings (SSSR count). The van der Waals surface area contributed by atoms with Gasteiger partial charge in [0.1, 0.15) is 5.75 Å². The number of carbonyl (C=O) groups is 3. The van der Waals surface area contributed by atoms with Crippen molar-refractivity contribution >= 4 is 17.8 Å². The lowest BCUT2D eigenvalue weighted by Gasteiger charge is -2.12. The Morgan fingerprint density at radius 3 is 2.38 bits per heavy atom. The number of unbranched alkanes of at least 4 members (excludes halogenated alkanes) is 2. The van der Waals surface area contributed by atoms with Gasteiger partial charge in [0.05, 0.1) is 7.11 Å². The van der Waals surface area contributed by atoms with Gasteiger partial charge in [0, 0.05) is 18.5 Å². The van der Waals surface area contributed by atoms with Crippen LogP contribution in [0, 0.1) is 0 Å². The molecule has 0 bridgehead atoms. The van der Waals surface area contributed by atoms with E-state index in [1.54, 1.807) is 38.3 Å². The molecule has 0 spiro atoms. The summed E-state index contributed by atoms with van der Waals surface area (Å²) in [6.07, 6.45) is 1.52. The first kappa shape index (κ1) is 19.5. The van der Waals surface area contributed by atoms with Gasteiger partial charge in [-0.15, -0.1) is 0 Å². The summed E-state index contributed by atoms with van der Waals surface area (Å²) in [6, 6.07) is 6.08. The summed E-state index contributed by atoms with van der Waals surface area (Å²) in [5.41, 5.74) is 5.41. The number of nitrogens with one attached hydrogen (secondary N) is 1. The second-order valence-electron chi connectivity index (χ2n) is 5.33. The number of urea groups is 1. The van der Waals surface area contributed by atoms with Crippen molar-refractivity contribution in [1.82, 2.24) is 5.32 Å². The van der Waals surface area contributed by atoms with Crippen LogP contribution in [-0.2, 0) is 9.53 Å².